The summed E-state index contributed by atoms with van der Waals surface area (Å²) in [5.41, 5.74) is 2.17. The van der Waals surface area contributed by atoms with Crippen LogP contribution in [0.4, 0.5) is 0 Å². The van der Waals surface area contributed by atoms with Crippen LogP contribution >= 0.6 is 0 Å². The molecule has 0 saturated carbocycles. The van der Waals surface area contributed by atoms with Crippen molar-refractivity contribution in [3.63, 3.8) is 0 Å². The third-order valence-electron chi connectivity index (χ3n) is 2.79. The molecular formula is C14H20N2. The van der Waals surface area contributed by atoms with Gasteiger partial charge in [-0.3, -0.25) is 4.90 Å². The highest BCUT2D eigenvalue weighted by atomic mass is 15.2. The smallest absolute Gasteiger partial charge is 0.0991 e. The summed E-state index contributed by atoms with van der Waals surface area (Å²) in [6, 6.07) is 9.97. The second kappa shape index (κ2) is 5.14. The maximum atomic E-state index is 8.73. The molecule has 0 N–H and O–H groups in total. The minimum Gasteiger partial charge on any atom is -0.295 e. The Morgan fingerprint density at radius 3 is 2.12 bits per heavy atom. The van der Waals surface area contributed by atoms with Crippen molar-refractivity contribution in [1.82, 2.24) is 4.90 Å². The predicted octanol–water partition coefficient (Wildman–Crippen LogP) is 3.18. The van der Waals surface area contributed by atoms with Gasteiger partial charge >= 0.3 is 0 Å². The lowest BCUT2D eigenvalue weighted by Crippen LogP contribution is -2.40. The molecule has 0 fully saturated rings. The first-order valence-electron chi connectivity index (χ1n) is 5.71. The van der Waals surface area contributed by atoms with Crippen LogP contribution in [0, 0.1) is 11.3 Å². The Bertz CT molecular complexity index is 365. The van der Waals surface area contributed by atoms with E-state index in [0.29, 0.717) is 0 Å². The van der Waals surface area contributed by atoms with E-state index in [1.165, 1.54) is 5.56 Å². The first-order chi connectivity index (χ1) is 7.47. The molecule has 0 aromatic heterocycles. The van der Waals surface area contributed by atoms with E-state index in [1.54, 1.807) is 0 Å². The van der Waals surface area contributed by atoms with Gasteiger partial charge < -0.3 is 0 Å². The van der Waals surface area contributed by atoms with E-state index in [2.05, 4.69) is 38.7 Å². The molecule has 2 nitrogen and oxygen atoms in total. The Kier molecular flexibility index (Phi) is 4.09. The highest BCUT2D eigenvalue weighted by molar-refractivity contribution is 5.31. The Labute approximate surface area is 98.5 Å². The van der Waals surface area contributed by atoms with Crippen LogP contribution in [0.1, 0.15) is 38.8 Å². The van der Waals surface area contributed by atoms with Crippen molar-refractivity contribution >= 4 is 0 Å². The zero-order chi connectivity index (χ0) is 12.2. The van der Waals surface area contributed by atoms with Gasteiger partial charge in [0.2, 0.25) is 0 Å². The average Bonchev–Trinajstić information content (AvgIpc) is 2.25. The minimum absolute atomic E-state index is 0.183. The summed E-state index contributed by atoms with van der Waals surface area (Å²) in [6.07, 6.45) is 0. The molecule has 0 amide bonds. The van der Waals surface area contributed by atoms with Gasteiger partial charge in [-0.1, -0.05) is 19.1 Å². The molecule has 0 bridgehead atoms. The fraction of sp³-hybridized carbons (Fsp3) is 0.500. The van der Waals surface area contributed by atoms with Crippen LogP contribution < -0.4 is 0 Å². The van der Waals surface area contributed by atoms with Gasteiger partial charge in [0, 0.05) is 12.1 Å². The zero-order valence-corrected chi connectivity index (χ0v) is 10.6. The molecule has 0 spiro atoms. The lowest BCUT2D eigenvalue weighted by atomic mass is 10.0. The van der Waals surface area contributed by atoms with E-state index in [4.69, 9.17) is 5.26 Å². The molecule has 0 aliphatic heterocycles. The van der Waals surface area contributed by atoms with Gasteiger partial charge in [-0.15, -0.1) is 0 Å². The monoisotopic (exact) mass is 216 g/mol. The fourth-order valence-corrected chi connectivity index (χ4v) is 1.73. The van der Waals surface area contributed by atoms with Crippen molar-refractivity contribution in [2.45, 2.75) is 39.8 Å². The van der Waals surface area contributed by atoms with Crippen molar-refractivity contribution < 1.29 is 0 Å². The largest absolute Gasteiger partial charge is 0.295 e. The van der Waals surface area contributed by atoms with Gasteiger partial charge in [0.05, 0.1) is 11.6 Å². The molecule has 0 atom stereocenters. The Morgan fingerprint density at radius 1 is 1.19 bits per heavy atom. The van der Waals surface area contributed by atoms with Crippen molar-refractivity contribution in [1.29, 1.82) is 5.26 Å². The van der Waals surface area contributed by atoms with Gasteiger partial charge in [-0.25, -0.2) is 0 Å². The lowest BCUT2D eigenvalue weighted by molar-refractivity contribution is 0.136. The molecular weight excluding hydrogens is 196 g/mol. The van der Waals surface area contributed by atoms with Crippen molar-refractivity contribution in [2.75, 3.05) is 6.54 Å². The molecule has 0 unspecified atom stereocenters. The molecule has 16 heavy (non-hydrogen) atoms. The van der Waals surface area contributed by atoms with E-state index in [1.807, 2.05) is 24.3 Å². The lowest BCUT2D eigenvalue weighted by Gasteiger charge is -2.34. The van der Waals surface area contributed by atoms with Gasteiger partial charge in [0.15, 0.2) is 0 Å². The second-order valence-corrected chi connectivity index (χ2v) is 4.99. The molecule has 1 rings (SSSR count). The molecule has 86 valence electrons. The van der Waals surface area contributed by atoms with Crippen LogP contribution in [0.5, 0.6) is 0 Å². The number of rotatable bonds is 3. The summed E-state index contributed by atoms with van der Waals surface area (Å²) in [5.74, 6) is 0. The van der Waals surface area contributed by atoms with Crippen LogP contribution in [0.15, 0.2) is 24.3 Å². The number of benzene rings is 1. The minimum atomic E-state index is 0.183. The molecule has 1 aromatic rings. The summed E-state index contributed by atoms with van der Waals surface area (Å²) < 4.78 is 0. The summed E-state index contributed by atoms with van der Waals surface area (Å²) >= 11 is 0. The van der Waals surface area contributed by atoms with Crippen LogP contribution in [0.2, 0.25) is 0 Å². The van der Waals surface area contributed by atoms with E-state index in [0.717, 1.165) is 18.7 Å². The molecule has 0 saturated heterocycles. The zero-order valence-electron chi connectivity index (χ0n) is 10.6. The highest BCUT2D eigenvalue weighted by Crippen LogP contribution is 2.16. The maximum Gasteiger partial charge on any atom is 0.0991 e. The summed E-state index contributed by atoms with van der Waals surface area (Å²) in [4.78, 5) is 2.41. The quantitative estimate of drug-likeness (QED) is 0.776. The van der Waals surface area contributed by atoms with E-state index in [-0.39, 0.29) is 5.54 Å². The van der Waals surface area contributed by atoms with Gasteiger partial charge in [-0.05, 0) is 45.0 Å². The van der Waals surface area contributed by atoms with E-state index in [9.17, 15) is 0 Å². The molecule has 0 aliphatic rings. The third-order valence-corrected chi connectivity index (χ3v) is 2.79. The van der Waals surface area contributed by atoms with Crippen LogP contribution in [-0.4, -0.2) is 17.0 Å². The third kappa shape index (κ3) is 3.36. The molecule has 1 aromatic carbocycles. The molecule has 0 heterocycles. The topological polar surface area (TPSA) is 27.0 Å². The van der Waals surface area contributed by atoms with Crippen LogP contribution in [0.3, 0.4) is 0 Å². The fourth-order valence-electron chi connectivity index (χ4n) is 1.73. The Morgan fingerprint density at radius 2 is 1.75 bits per heavy atom. The highest BCUT2D eigenvalue weighted by Gasteiger charge is 2.19. The van der Waals surface area contributed by atoms with Gasteiger partial charge in [-0.2, -0.15) is 5.26 Å². The SMILES string of the molecule is CCN(Cc1ccc(C#N)cc1)C(C)(C)C. The maximum absolute atomic E-state index is 8.73. The average molecular weight is 216 g/mol. The molecule has 0 aliphatic carbocycles. The first kappa shape index (κ1) is 12.7. The molecule has 0 radical (unpaired) electrons. The number of hydrogen-bond acceptors (Lipinski definition) is 2. The normalized spacial score (nSPS) is 11.5. The Hall–Kier alpha value is -1.33. The van der Waals surface area contributed by atoms with Gasteiger partial charge in [0.1, 0.15) is 0 Å². The summed E-state index contributed by atoms with van der Waals surface area (Å²) in [6.45, 7) is 10.8. The second-order valence-electron chi connectivity index (χ2n) is 4.99. The van der Waals surface area contributed by atoms with Crippen LogP contribution in [-0.2, 0) is 6.54 Å². The van der Waals surface area contributed by atoms with Crippen molar-refractivity contribution in [3.05, 3.63) is 35.4 Å². The van der Waals surface area contributed by atoms with Crippen molar-refractivity contribution in [2.24, 2.45) is 0 Å². The standard InChI is InChI=1S/C14H20N2/c1-5-16(14(2,3)4)11-13-8-6-12(10-15)7-9-13/h6-9H,5,11H2,1-4H3. The van der Waals surface area contributed by atoms with E-state index < -0.39 is 0 Å². The van der Waals surface area contributed by atoms with E-state index >= 15 is 0 Å². The number of hydrogen-bond donors (Lipinski definition) is 0. The first-order valence-corrected chi connectivity index (χ1v) is 5.71. The molecule has 2 heteroatoms. The summed E-state index contributed by atoms with van der Waals surface area (Å²) in [7, 11) is 0. The summed E-state index contributed by atoms with van der Waals surface area (Å²) in [5, 5.41) is 8.73. The number of nitriles is 1. The van der Waals surface area contributed by atoms with Gasteiger partial charge in [0.25, 0.3) is 0 Å². The Balaban J connectivity index is 2.76. The predicted molar refractivity (Wildman–Crippen MR) is 67.0 cm³/mol. The van der Waals surface area contributed by atoms with Crippen LogP contribution in [0.25, 0.3) is 0 Å². The number of nitrogens with zero attached hydrogens (tertiary/aromatic N) is 2. The van der Waals surface area contributed by atoms with Crippen molar-refractivity contribution in [3.8, 4) is 6.07 Å².